The Hall–Kier alpha value is -1.07. The van der Waals surface area contributed by atoms with Crippen LogP contribution in [0.3, 0.4) is 0 Å². The summed E-state index contributed by atoms with van der Waals surface area (Å²) in [5.41, 5.74) is 0.619. The van der Waals surface area contributed by atoms with Crippen molar-refractivity contribution in [2.24, 2.45) is 0 Å². The molecule has 1 saturated heterocycles. The predicted octanol–water partition coefficient (Wildman–Crippen LogP) is 2.61. The van der Waals surface area contributed by atoms with Crippen molar-refractivity contribution in [1.82, 2.24) is 4.90 Å². The van der Waals surface area contributed by atoms with Gasteiger partial charge in [-0.15, -0.1) is 0 Å². The third-order valence-corrected chi connectivity index (χ3v) is 4.04. The monoisotopic (exact) mass is 329 g/mol. The summed E-state index contributed by atoms with van der Waals surface area (Å²) in [5, 5.41) is 10.1. The number of nitrogens with zero attached hydrogens (tertiary/aromatic N) is 1. The molecule has 0 saturated carbocycles. The molecule has 1 fully saturated rings. The number of aliphatic hydroxyl groups excluding tert-OH is 1. The fourth-order valence-corrected chi connectivity index (χ4v) is 2.68. The lowest BCUT2D eigenvalue weighted by Gasteiger charge is -2.36. The van der Waals surface area contributed by atoms with Crippen LogP contribution < -0.4 is 0 Å². The van der Waals surface area contributed by atoms with E-state index in [1.165, 1.54) is 6.08 Å². The molecule has 114 valence electrons. The second-order valence-electron chi connectivity index (χ2n) is 4.95. The van der Waals surface area contributed by atoms with Crippen LogP contribution in [0.25, 0.3) is 6.08 Å². The highest BCUT2D eigenvalue weighted by atomic mass is 35.5. The number of halogens is 2. The molecular weight excluding hydrogens is 313 g/mol. The number of amides is 1. The van der Waals surface area contributed by atoms with Crippen LogP contribution in [0.4, 0.5) is 0 Å². The van der Waals surface area contributed by atoms with Gasteiger partial charge in [0, 0.05) is 28.2 Å². The highest BCUT2D eigenvalue weighted by Crippen LogP contribution is 2.25. The summed E-state index contributed by atoms with van der Waals surface area (Å²) in [6.07, 6.45) is 2.73. The van der Waals surface area contributed by atoms with E-state index in [9.17, 15) is 4.79 Å². The Labute approximate surface area is 133 Å². The third kappa shape index (κ3) is 3.98. The first-order valence-electron chi connectivity index (χ1n) is 6.68. The number of carbonyl (C=O) groups is 1. The standard InChI is InChI=1S/C15H17Cl2NO3/c1-10-9-21-11(8-19)7-18(10)15(20)6-5-12-13(16)3-2-4-14(12)17/h2-6,10-11,19H,7-9H2,1H3/b6-5+. The van der Waals surface area contributed by atoms with Gasteiger partial charge >= 0.3 is 0 Å². The molecule has 4 nitrogen and oxygen atoms in total. The van der Waals surface area contributed by atoms with E-state index in [-0.39, 0.29) is 24.7 Å². The van der Waals surface area contributed by atoms with Gasteiger partial charge in [-0.25, -0.2) is 0 Å². The fourth-order valence-electron chi connectivity index (χ4n) is 2.16. The van der Waals surface area contributed by atoms with E-state index in [1.54, 1.807) is 29.2 Å². The molecule has 1 aromatic rings. The maximum absolute atomic E-state index is 12.3. The summed E-state index contributed by atoms with van der Waals surface area (Å²) in [4.78, 5) is 14.0. The van der Waals surface area contributed by atoms with Crippen LogP contribution in [-0.4, -0.2) is 47.8 Å². The molecule has 0 aromatic heterocycles. The van der Waals surface area contributed by atoms with Crippen LogP contribution in [0.5, 0.6) is 0 Å². The number of carbonyl (C=O) groups excluding carboxylic acids is 1. The van der Waals surface area contributed by atoms with Gasteiger partial charge in [0.2, 0.25) is 5.91 Å². The van der Waals surface area contributed by atoms with Gasteiger partial charge in [0.05, 0.1) is 25.4 Å². The van der Waals surface area contributed by atoms with Crippen LogP contribution in [0.1, 0.15) is 12.5 Å². The Kier molecular flexibility index (Phi) is 5.65. The van der Waals surface area contributed by atoms with Crippen LogP contribution in [0.15, 0.2) is 24.3 Å². The molecule has 1 amide bonds. The van der Waals surface area contributed by atoms with E-state index < -0.39 is 0 Å². The van der Waals surface area contributed by atoms with Crippen LogP contribution in [0.2, 0.25) is 10.0 Å². The maximum atomic E-state index is 12.3. The molecule has 0 spiro atoms. The molecule has 1 N–H and O–H groups in total. The van der Waals surface area contributed by atoms with E-state index >= 15 is 0 Å². The normalized spacial score (nSPS) is 22.8. The third-order valence-electron chi connectivity index (χ3n) is 3.38. The zero-order valence-corrected chi connectivity index (χ0v) is 13.1. The Morgan fingerprint density at radius 3 is 2.76 bits per heavy atom. The molecule has 2 rings (SSSR count). The second kappa shape index (κ2) is 7.27. The van der Waals surface area contributed by atoms with Gasteiger partial charge in [-0.2, -0.15) is 0 Å². The van der Waals surface area contributed by atoms with Crippen molar-refractivity contribution in [2.45, 2.75) is 19.1 Å². The Bertz CT molecular complexity index is 527. The SMILES string of the molecule is CC1COC(CO)CN1C(=O)/C=C/c1c(Cl)cccc1Cl. The summed E-state index contributed by atoms with van der Waals surface area (Å²) >= 11 is 12.1. The van der Waals surface area contributed by atoms with Crippen molar-refractivity contribution < 1.29 is 14.6 Å². The number of hydrogen-bond donors (Lipinski definition) is 1. The van der Waals surface area contributed by atoms with E-state index in [1.807, 2.05) is 6.92 Å². The Morgan fingerprint density at radius 2 is 2.14 bits per heavy atom. The van der Waals surface area contributed by atoms with Crippen molar-refractivity contribution in [3.8, 4) is 0 Å². The van der Waals surface area contributed by atoms with Crippen LogP contribution >= 0.6 is 23.2 Å². The predicted molar refractivity (Wildman–Crippen MR) is 83.5 cm³/mol. The lowest BCUT2D eigenvalue weighted by molar-refractivity contribution is -0.140. The maximum Gasteiger partial charge on any atom is 0.246 e. The average molecular weight is 330 g/mol. The molecule has 2 unspecified atom stereocenters. The molecule has 21 heavy (non-hydrogen) atoms. The number of hydrogen-bond acceptors (Lipinski definition) is 3. The zero-order valence-electron chi connectivity index (χ0n) is 11.6. The minimum atomic E-state index is -0.331. The van der Waals surface area contributed by atoms with Gasteiger partial charge in [-0.3, -0.25) is 4.79 Å². The summed E-state index contributed by atoms with van der Waals surface area (Å²) in [6, 6.07) is 5.15. The lowest BCUT2D eigenvalue weighted by atomic mass is 10.1. The van der Waals surface area contributed by atoms with E-state index in [0.29, 0.717) is 28.8 Å². The first-order chi connectivity index (χ1) is 10.0. The molecule has 6 heteroatoms. The summed E-state index contributed by atoms with van der Waals surface area (Å²) in [6.45, 7) is 2.59. The molecule has 1 heterocycles. The van der Waals surface area contributed by atoms with Gasteiger partial charge in [0.15, 0.2) is 0 Å². The minimum absolute atomic E-state index is 0.0355. The number of morpholine rings is 1. The number of benzene rings is 1. The van der Waals surface area contributed by atoms with Gasteiger partial charge in [0.25, 0.3) is 0 Å². The quantitative estimate of drug-likeness (QED) is 0.867. The van der Waals surface area contributed by atoms with Gasteiger partial charge in [-0.05, 0) is 25.1 Å². The average Bonchev–Trinajstić information content (AvgIpc) is 2.47. The molecular formula is C15H17Cl2NO3. The van der Waals surface area contributed by atoms with Crippen LogP contribution in [-0.2, 0) is 9.53 Å². The molecule has 0 bridgehead atoms. The van der Waals surface area contributed by atoms with E-state index in [0.717, 1.165) is 0 Å². The second-order valence-corrected chi connectivity index (χ2v) is 5.76. The van der Waals surface area contributed by atoms with E-state index in [2.05, 4.69) is 0 Å². The van der Waals surface area contributed by atoms with Crippen LogP contribution in [0, 0.1) is 0 Å². The molecule has 0 radical (unpaired) electrons. The molecule has 1 aliphatic rings. The highest BCUT2D eigenvalue weighted by molar-refractivity contribution is 6.37. The van der Waals surface area contributed by atoms with Crippen molar-refractivity contribution in [3.63, 3.8) is 0 Å². The molecule has 2 atom stereocenters. The number of ether oxygens (including phenoxy) is 1. The first kappa shape index (κ1) is 16.3. The van der Waals surface area contributed by atoms with Gasteiger partial charge in [0.1, 0.15) is 0 Å². The van der Waals surface area contributed by atoms with Gasteiger partial charge in [-0.1, -0.05) is 29.3 Å². The number of aliphatic hydroxyl groups is 1. The first-order valence-corrected chi connectivity index (χ1v) is 7.43. The van der Waals surface area contributed by atoms with E-state index in [4.69, 9.17) is 33.0 Å². The molecule has 1 aromatic carbocycles. The Balaban J connectivity index is 2.11. The highest BCUT2D eigenvalue weighted by Gasteiger charge is 2.28. The molecule has 1 aliphatic heterocycles. The fraction of sp³-hybridized carbons (Fsp3) is 0.400. The molecule has 0 aliphatic carbocycles. The zero-order chi connectivity index (χ0) is 15.4. The van der Waals surface area contributed by atoms with Gasteiger partial charge < -0.3 is 14.7 Å². The smallest absolute Gasteiger partial charge is 0.246 e. The van der Waals surface area contributed by atoms with Crippen molar-refractivity contribution >= 4 is 35.2 Å². The van der Waals surface area contributed by atoms with Crippen molar-refractivity contribution in [2.75, 3.05) is 19.8 Å². The Morgan fingerprint density at radius 1 is 1.48 bits per heavy atom. The lowest BCUT2D eigenvalue weighted by Crippen LogP contribution is -2.51. The number of rotatable bonds is 3. The van der Waals surface area contributed by atoms with Crippen molar-refractivity contribution in [1.29, 1.82) is 0 Å². The topological polar surface area (TPSA) is 49.8 Å². The minimum Gasteiger partial charge on any atom is -0.394 e. The largest absolute Gasteiger partial charge is 0.394 e. The van der Waals surface area contributed by atoms with Crippen molar-refractivity contribution in [3.05, 3.63) is 39.9 Å². The summed E-state index contributed by atoms with van der Waals surface area (Å²) in [7, 11) is 0. The summed E-state index contributed by atoms with van der Waals surface area (Å²) in [5.74, 6) is -0.153. The summed E-state index contributed by atoms with van der Waals surface area (Å²) < 4.78 is 5.41.